The Labute approximate surface area is 133 Å². The molecule has 0 aromatic heterocycles. The smallest absolute Gasteiger partial charge is 0.422 e. The van der Waals surface area contributed by atoms with Gasteiger partial charge in [-0.15, -0.1) is 0 Å². The summed E-state index contributed by atoms with van der Waals surface area (Å²) in [4.78, 5) is 11.9. The Hall–Kier alpha value is -1.76. The standard InChI is InChI=1S/C16H21F3N2O2/c17-16(18,19)11-23-14-3-1-2-13(10-14)21-15(22)5-4-12-6-8-20-9-7-12/h1-3,10,12,20H,4-9,11H2,(H,21,22). The number of nitrogens with one attached hydrogen (secondary N) is 2. The third-order valence-corrected chi connectivity index (χ3v) is 3.76. The molecule has 1 fully saturated rings. The molecule has 0 aliphatic carbocycles. The van der Waals surface area contributed by atoms with Gasteiger partial charge in [0.1, 0.15) is 5.75 Å². The number of hydrogen-bond donors (Lipinski definition) is 2. The van der Waals surface area contributed by atoms with Crippen molar-refractivity contribution in [2.24, 2.45) is 5.92 Å². The Morgan fingerprint density at radius 3 is 2.74 bits per heavy atom. The molecular weight excluding hydrogens is 309 g/mol. The molecular formula is C16H21F3N2O2. The van der Waals surface area contributed by atoms with Crippen molar-refractivity contribution in [3.05, 3.63) is 24.3 Å². The summed E-state index contributed by atoms with van der Waals surface area (Å²) >= 11 is 0. The molecule has 7 heteroatoms. The van der Waals surface area contributed by atoms with Crippen LogP contribution in [-0.2, 0) is 4.79 Å². The van der Waals surface area contributed by atoms with Gasteiger partial charge in [-0.1, -0.05) is 6.07 Å². The Morgan fingerprint density at radius 1 is 1.30 bits per heavy atom. The summed E-state index contributed by atoms with van der Waals surface area (Å²) < 4.78 is 41.1. The van der Waals surface area contributed by atoms with Crippen molar-refractivity contribution >= 4 is 11.6 Å². The fourth-order valence-corrected chi connectivity index (χ4v) is 2.56. The maximum absolute atomic E-state index is 12.1. The molecule has 1 saturated heterocycles. The molecule has 1 aromatic carbocycles. The maximum atomic E-state index is 12.1. The normalized spacial score (nSPS) is 16.1. The van der Waals surface area contributed by atoms with Crippen molar-refractivity contribution in [3.8, 4) is 5.75 Å². The van der Waals surface area contributed by atoms with Gasteiger partial charge in [0.15, 0.2) is 6.61 Å². The molecule has 2 N–H and O–H groups in total. The van der Waals surface area contributed by atoms with Crippen molar-refractivity contribution in [2.75, 3.05) is 25.0 Å². The van der Waals surface area contributed by atoms with Crippen LogP contribution in [0.25, 0.3) is 0 Å². The molecule has 1 amide bonds. The number of benzene rings is 1. The van der Waals surface area contributed by atoms with Crippen LogP contribution >= 0.6 is 0 Å². The molecule has 0 unspecified atom stereocenters. The number of carbonyl (C=O) groups is 1. The van der Waals surface area contributed by atoms with Gasteiger partial charge >= 0.3 is 6.18 Å². The van der Waals surface area contributed by atoms with E-state index in [1.165, 1.54) is 12.1 Å². The lowest BCUT2D eigenvalue weighted by Crippen LogP contribution is -2.28. The molecule has 2 rings (SSSR count). The minimum atomic E-state index is -4.38. The van der Waals surface area contributed by atoms with E-state index in [4.69, 9.17) is 0 Å². The lowest BCUT2D eigenvalue weighted by molar-refractivity contribution is -0.153. The summed E-state index contributed by atoms with van der Waals surface area (Å²) in [5, 5.41) is 5.98. The fourth-order valence-electron chi connectivity index (χ4n) is 2.56. The highest BCUT2D eigenvalue weighted by molar-refractivity contribution is 5.90. The summed E-state index contributed by atoms with van der Waals surface area (Å²) in [6.07, 6.45) is -0.980. The first-order chi connectivity index (χ1) is 10.9. The van der Waals surface area contributed by atoms with E-state index in [1.54, 1.807) is 12.1 Å². The van der Waals surface area contributed by atoms with Gasteiger partial charge in [0.2, 0.25) is 5.91 Å². The van der Waals surface area contributed by atoms with Gasteiger partial charge in [-0.3, -0.25) is 4.79 Å². The molecule has 4 nitrogen and oxygen atoms in total. The predicted molar refractivity (Wildman–Crippen MR) is 81.4 cm³/mol. The SMILES string of the molecule is O=C(CCC1CCNCC1)Nc1cccc(OCC(F)(F)F)c1. The zero-order valence-electron chi connectivity index (χ0n) is 12.8. The number of piperidine rings is 1. The van der Waals surface area contributed by atoms with E-state index in [2.05, 4.69) is 15.4 Å². The number of hydrogen-bond acceptors (Lipinski definition) is 3. The van der Waals surface area contributed by atoms with Crippen LogP contribution < -0.4 is 15.4 Å². The average molecular weight is 330 g/mol. The molecule has 0 spiro atoms. The van der Waals surface area contributed by atoms with Crippen molar-refractivity contribution in [2.45, 2.75) is 31.9 Å². The highest BCUT2D eigenvalue weighted by Gasteiger charge is 2.28. The molecule has 0 atom stereocenters. The monoisotopic (exact) mass is 330 g/mol. The van der Waals surface area contributed by atoms with Crippen molar-refractivity contribution in [3.63, 3.8) is 0 Å². The van der Waals surface area contributed by atoms with E-state index in [9.17, 15) is 18.0 Å². The Balaban J connectivity index is 1.78. The second-order valence-electron chi connectivity index (χ2n) is 5.71. The first-order valence-electron chi connectivity index (χ1n) is 7.72. The zero-order valence-corrected chi connectivity index (χ0v) is 12.8. The highest BCUT2D eigenvalue weighted by Crippen LogP contribution is 2.22. The van der Waals surface area contributed by atoms with Gasteiger partial charge in [0.05, 0.1) is 0 Å². The van der Waals surface area contributed by atoms with Crippen LogP contribution in [0.2, 0.25) is 0 Å². The van der Waals surface area contributed by atoms with Crippen molar-refractivity contribution in [1.29, 1.82) is 0 Å². The van der Waals surface area contributed by atoms with Crippen LogP contribution in [0.5, 0.6) is 5.75 Å². The fraction of sp³-hybridized carbons (Fsp3) is 0.562. The van der Waals surface area contributed by atoms with E-state index in [-0.39, 0.29) is 11.7 Å². The Bertz CT molecular complexity index is 514. The lowest BCUT2D eigenvalue weighted by Gasteiger charge is -2.22. The summed E-state index contributed by atoms with van der Waals surface area (Å²) in [5.41, 5.74) is 0.444. The van der Waals surface area contributed by atoms with E-state index < -0.39 is 12.8 Å². The molecule has 1 heterocycles. The molecule has 0 saturated carbocycles. The third-order valence-electron chi connectivity index (χ3n) is 3.76. The highest BCUT2D eigenvalue weighted by atomic mass is 19.4. The Morgan fingerprint density at radius 2 is 2.04 bits per heavy atom. The zero-order chi connectivity index (χ0) is 16.7. The van der Waals surface area contributed by atoms with E-state index in [0.717, 1.165) is 32.4 Å². The molecule has 23 heavy (non-hydrogen) atoms. The number of ether oxygens (including phenoxy) is 1. The predicted octanol–water partition coefficient (Wildman–Crippen LogP) is 3.35. The van der Waals surface area contributed by atoms with Gasteiger partial charge in [-0.05, 0) is 50.4 Å². The first-order valence-corrected chi connectivity index (χ1v) is 7.72. The van der Waals surface area contributed by atoms with Gasteiger partial charge < -0.3 is 15.4 Å². The van der Waals surface area contributed by atoms with Crippen LogP contribution in [-0.4, -0.2) is 31.8 Å². The summed E-state index contributed by atoms with van der Waals surface area (Å²) in [6.45, 7) is 0.635. The second kappa shape index (κ2) is 8.19. The lowest BCUT2D eigenvalue weighted by atomic mass is 9.93. The number of amides is 1. The van der Waals surface area contributed by atoms with Gasteiger partial charge in [-0.25, -0.2) is 0 Å². The van der Waals surface area contributed by atoms with Crippen LogP contribution in [0.4, 0.5) is 18.9 Å². The van der Waals surface area contributed by atoms with Crippen molar-refractivity contribution in [1.82, 2.24) is 5.32 Å². The molecule has 0 radical (unpaired) electrons. The maximum Gasteiger partial charge on any atom is 0.422 e. The summed E-state index contributed by atoms with van der Waals surface area (Å²) in [6, 6.07) is 6.00. The van der Waals surface area contributed by atoms with Crippen LogP contribution in [0.3, 0.4) is 0 Å². The van der Waals surface area contributed by atoms with Crippen LogP contribution in [0.1, 0.15) is 25.7 Å². The Kier molecular flexibility index (Phi) is 6.27. The van der Waals surface area contributed by atoms with Gasteiger partial charge in [0.25, 0.3) is 0 Å². The number of rotatable bonds is 6. The van der Waals surface area contributed by atoms with Crippen LogP contribution in [0.15, 0.2) is 24.3 Å². The molecule has 128 valence electrons. The third kappa shape index (κ3) is 6.90. The van der Waals surface area contributed by atoms with E-state index >= 15 is 0 Å². The topological polar surface area (TPSA) is 50.4 Å². The number of alkyl halides is 3. The molecule has 1 aromatic rings. The summed E-state index contributed by atoms with van der Waals surface area (Å²) in [7, 11) is 0. The average Bonchev–Trinajstić information content (AvgIpc) is 2.52. The second-order valence-corrected chi connectivity index (χ2v) is 5.71. The largest absolute Gasteiger partial charge is 0.484 e. The van der Waals surface area contributed by atoms with E-state index in [1.807, 2.05) is 0 Å². The quantitative estimate of drug-likeness (QED) is 0.841. The molecule has 0 bridgehead atoms. The molecule has 1 aliphatic rings. The number of halogens is 3. The summed E-state index contributed by atoms with van der Waals surface area (Å²) in [5.74, 6) is 0.512. The minimum absolute atomic E-state index is 0.0819. The number of anilines is 1. The number of carbonyl (C=O) groups excluding carboxylic acids is 1. The van der Waals surface area contributed by atoms with Crippen LogP contribution in [0, 0.1) is 5.92 Å². The van der Waals surface area contributed by atoms with E-state index in [0.29, 0.717) is 18.0 Å². The van der Waals surface area contributed by atoms with Gasteiger partial charge in [0, 0.05) is 18.2 Å². The van der Waals surface area contributed by atoms with Crippen molar-refractivity contribution < 1.29 is 22.7 Å². The first kappa shape index (κ1) is 17.6. The minimum Gasteiger partial charge on any atom is -0.484 e. The van der Waals surface area contributed by atoms with Gasteiger partial charge in [-0.2, -0.15) is 13.2 Å². The molecule has 1 aliphatic heterocycles.